The number of carbonyl (C=O) groups excluding carboxylic acids is 1. The lowest BCUT2D eigenvalue weighted by molar-refractivity contribution is 0.0448. The molecule has 9 nitrogen and oxygen atoms in total. The highest BCUT2D eigenvalue weighted by Crippen LogP contribution is 2.16. The predicted octanol–water partition coefficient (Wildman–Crippen LogP) is 2.08. The fourth-order valence-corrected chi connectivity index (χ4v) is 3.21. The molecular formula is C20H35N5O4S. The topological polar surface area (TPSA) is 135 Å². The largest absolute Gasteiger partial charge is 0.444 e. The summed E-state index contributed by atoms with van der Waals surface area (Å²) in [5.74, 6) is 0.558. The number of benzene rings is 1. The van der Waals surface area contributed by atoms with E-state index in [2.05, 4.69) is 20.9 Å². The number of nitrogens with one attached hydrogen (secondary N) is 3. The van der Waals surface area contributed by atoms with E-state index in [0.717, 1.165) is 5.56 Å². The van der Waals surface area contributed by atoms with Crippen molar-refractivity contribution in [3.05, 3.63) is 29.8 Å². The Bertz CT molecular complexity index is 826. The number of primary sulfonamides is 1. The van der Waals surface area contributed by atoms with E-state index < -0.39 is 27.3 Å². The molecule has 0 aliphatic heterocycles. The maximum absolute atomic E-state index is 12.3. The molecule has 0 fully saturated rings. The molecule has 1 aromatic carbocycles. The number of amides is 1. The highest BCUT2D eigenvalue weighted by Gasteiger charge is 2.30. The van der Waals surface area contributed by atoms with Crippen LogP contribution in [-0.2, 0) is 21.3 Å². The second-order valence-electron chi connectivity index (χ2n) is 8.08. The number of carbonyl (C=O) groups is 1. The summed E-state index contributed by atoms with van der Waals surface area (Å²) >= 11 is 0. The van der Waals surface area contributed by atoms with Crippen LogP contribution in [-0.4, -0.2) is 45.2 Å². The van der Waals surface area contributed by atoms with Crippen molar-refractivity contribution in [3.8, 4) is 0 Å². The lowest BCUT2D eigenvalue weighted by Crippen LogP contribution is -2.57. The van der Waals surface area contributed by atoms with Gasteiger partial charge in [0.05, 0.1) is 10.4 Å². The van der Waals surface area contributed by atoms with Gasteiger partial charge in [0.1, 0.15) is 5.60 Å². The van der Waals surface area contributed by atoms with Crippen LogP contribution in [0.1, 0.15) is 53.0 Å². The number of aliphatic imine (C=N–C) groups is 1. The molecule has 5 N–H and O–H groups in total. The van der Waals surface area contributed by atoms with Gasteiger partial charge < -0.3 is 20.7 Å². The summed E-state index contributed by atoms with van der Waals surface area (Å²) in [6, 6.07) is 6.30. The van der Waals surface area contributed by atoms with E-state index in [1.807, 2.05) is 34.6 Å². The molecule has 0 spiro atoms. The highest BCUT2D eigenvalue weighted by molar-refractivity contribution is 7.89. The predicted molar refractivity (Wildman–Crippen MR) is 119 cm³/mol. The third-order valence-corrected chi connectivity index (χ3v) is 5.58. The molecule has 0 aromatic heterocycles. The first-order valence-electron chi connectivity index (χ1n) is 9.91. The molecule has 1 aromatic rings. The van der Waals surface area contributed by atoms with E-state index >= 15 is 0 Å². The monoisotopic (exact) mass is 441 g/mol. The number of guanidine groups is 1. The van der Waals surface area contributed by atoms with Crippen molar-refractivity contribution in [2.24, 2.45) is 10.1 Å². The lowest BCUT2D eigenvalue weighted by Gasteiger charge is -2.34. The molecule has 1 amide bonds. The second kappa shape index (κ2) is 10.6. The molecule has 0 saturated carbocycles. The Morgan fingerprint density at radius 3 is 2.10 bits per heavy atom. The molecule has 1 rings (SSSR count). The Labute approximate surface area is 179 Å². The fraction of sp³-hybridized carbons (Fsp3) is 0.600. The van der Waals surface area contributed by atoms with Gasteiger partial charge in [-0.1, -0.05) is 26.0 Å². The van der Waals surface area contributed by atoms with E-state index in [-0.39, 0.29) is 4.90 Å². The molecule has 170 valence electrons. The summed E-state index contributed by atoms with van der Waals surface area (Å²) in [5, 5.41) is 14.5. The van der Waals surface area contributed by atoms with Crippen LogP contribution in [0.5, 0.6) is 0 Å². The maximum atomic E-state index is 12.3. The Kier molecular flexibility index (Phi) is 9.10. The van der Waals surface area contributed by atoms with Crippen molar-refractivity contribution < 1.29 is 17.9 Å². The summed E-state index contributed by atoms with van der Waals surface area (Å²) in [6.07, 6.45) is 0.967. The first kappa shape index (κ1) is 25.7. The number of hydrogen-bond acceptors (Lipinski definition) is 5. The molecule has 0 saturated heterocycles. The van der Waals surface area contributed by atoms with Crippen molar-refractivity contribution in [2.75, 3.05) is 13.6 Å². The molecule has 0 radical (unpaired) electrons. The van der Waals surface area contributed by atoms with Crippen LogP contribution in [0.25, 0.3) is 0 Å². The number of hydrogen-bond donors (Lipinski definition) is 4. The van der Waals surface area contributed by atoms with E-state index in [4.69, 9.17) is 9.88 Å². The Balaban J connectivity index is 2.70. The van der Waals surface area contributed by atoms with E-state index in [9.17, 15) is 13.2 Å². The summed E-state index contributed by atoms with van der Waals surface area (Å²) < 4.78 is 28.1. The van der Waals surface area contributed by atoms with Gasteiger partial charge in [0, 0.05) is 20.1 Å². The smallest absolute Gasteiger partial charge is 0.408 e. The zero-order chi connectivity index (χ0) is 23.0. The van der Waals surface area contributed by atoms with Crippen molar-refractivity contribution in [2.45, 2.75) is 70.0 Å². The van der Waals surface area contributed by atoms with Crippen LogP contribution in [0.3, 0.4) is 0 Å². The normalized spacial score (nSPS) is 13.0. The Morgan fingerprint density at radius 1 is 1.10 bits per heavy atom. The number of nitrogens with zero attached hydrogens (tertiary/aromatic N) is 1. The van der Waals surface area contributed by atoms with Gasteiger partial charge in [-0.15, -0.1) is 0 Å². The minimum Gasteiger partial charge on any atom is -0.444 e. The molecule has 0 atom stereocenters. The van der Waals surface area contributed by atoms with Gasteiger partial charge >= 0.3 is 6.09 Å². The summed E-state index contributed by atoms with van der Waals surface area (Å²) in [5.41, 5.74) is -0.187. The zero-order valence-electron chi connectivity index (χ0n) is 18.7. The fourth-order valence-electron chi connectivity index (χ4n) is 2.70. The second-order valence-corrected chi connectivity index (χ2v) is 9.64. The highest BCUT2D eigenvalue weighted by atomic mass is 32.2. The van der Waals surface area contributed by atoms with Crippen LogP contribution in [0, 0.1) is 0 Å². The van der Waals surface area contributed by atoms with Crippen LogP contribution >= 0.6 is 0 Å². The van der Waals surface area contributed by atoms with Crippen LogP contribution in [0.15, 0.2) is 34.2 Å². The van der Waals surface area contributed by atoms with Crippen molar-refractivity contribution >= 4 is 22.1 Å². The average Bonchev–Trinajstić information content (AvgIpc) is 2.65. The zero-order valence-corrected chi connectivity index (χ0v) is 19.5. The molecule has 0 heterocycles. The third kappa shape index (κ3) is 8.58. The molecule has 0 bridgehead atoms. The minimum absolute atomic E-state index is 0.0673. The lowest BCUT2D eigenvalue weighted by atomic mass is 9.93. The molecule has 0 aliphatic carbocycles. The van der Waals surface area contributed by atoms with Gasteiger partial charge in [-0.3, -0.25) is 4.99 Å². The molecule has 0 aliphatic rings. The number of alkyl carbamates (subject to hydrolysis) is 1. The van der Waals surface area contributed by atoms with Gasteiger partial charge in [-0.2, -0.15) is 0 Å². The van der Waals surface area contributed by atoms with Crippen LogP contribution in [0.4, 0.5) is 4.79 Å². The van der Waals surface area contributed by atoms with Gasteiger partial charge in [-0.05, 0) is 51.3 Å². The first-order valence-corrected chi connectivity index (χ1v) is 11.5. The van der Waals surface area contributed by atoms with Crippen LogP contribution < -0.4 is 21.1 Å². The molecule has 30 heavy (non-hydrogen) atoms. The van der Waals surface area contributed by atoms with Crippen LogP contribution in [0.2, 0.25) is 0 Å². The molecule has 0 unspecified atom stereocenters. The first-order chi connectivity index (χ1) is 13.8. The van der Waals surface area contributed by atoms with Gasteiger partial charge in [-0.25, -0.2) is 18.4 Å². The number of sulfonamides is 1. The quantitative estimate of drug-likeness (QED) is 0.360. The van der Waals surface area contributed by atoms with Gasteiger partial charge in [0.2, 0.25) is 10.0 Å². The Hall–Kier alpha value is -2.33. The summed E-state index contributed by atoms with van der Waals surface area (Å²) in [7, 11) is -2.06. The average molecular weight is 442 g/mol. The van der Waals surface area contributed by atoms with Crippen molar-refractivity contribution in [1.82, 2.24) is 16.0 Å². The van der Waals surface area contributed by atoms with Gasteiger partial charge in [0.15, 0.2) is 5.96 Å². The number of rotatable bonds is 8. The standard InChI is InChI=1S/C20H35N5O4S/c1-7-20(8-2,25-18(26)29-19(3,4)5)14-24-17(22-6)23-13-15-9-11-16(12-10-15)30(21,27)28/h9-12H,7-8,13-14H2,1-6H3,(H,25,26)(H2,21,27,28)(H2,22,23,24). The summed E-state index contributed by atoms with van der Waals surface area (Å²) in [6.45, 7) is 10.4. The third-order valence-electron chi connectivity index (χ3n) is 4.65. The molecule has 10 heteroatoms. The minimum atomic E-state index is -3.71. The molecular weight excluding hydrogens is 406 g/mol. The van der Waals surface area contributed by atoms with Gasteiger partial charge in [0.25, 0.3) is 0 Å². The number of nitrogens with two attached hydrogens (primary N) is 1. The van der Waals surface area contributed by atoms with E-state index in [1.165, 1.54) is 12.1 Å². The Morgan fingerprint density at radius 2 is 1.67 bits per heavy atom. The van der Waals surface area contributed by atoms with E-state index in [1.54, 1.807) is 19.2 Å². The summed E-state index contributed by atoms with van der Waals surface area (Å²) in [4.78, 5) is 16.5. The van der Waals surface area contributed by atoms with E-state index in [0.29, 0.717) is 31.9 Å². The SMILES string of the molecule is CCC(CC)(CNC(=NC)NCc1ccc(S(N)(=O)=O)cc1)NC(=O)OC(C)(C)C. The maximum Gasteiger partial charge on any atom is 0.408 e. The van der Waals surface area contributed by atoms with Crippen molar-refractivity contribution in [1.29, 1.82) is 0 Å². The van der Waals surface area contributed by atoms with Crippen molar-refractivity contribution in [3.63, 3.8) is 0 Å². The number of ether oxygens (including phenoxy) is 1.